The van der Waals surface area contributed by atoms with Crippen LogP contribution in [-0.4, -0.2) is 16.9 Å². The number of hydrogen-bond donors (Lipinski definition) is 1. The second-order valence-corrected chi connectivity index (χ2v) is 3.67. The lowest BCUT2D eigenvalue weighted by Crippen LogP contribution is -2.09. The molecule has 0 aliphatic rings. The summed E-state index contributed by atoms with van der Waals surface area (Å²) < 4.78 is 6.46. The van der Waals surface area contributed by atoms with Gasteiger partial charge in [-0.2, -0.15) is 0 Å². The summed E-state index contributed by atoms with van der Waals surface area (Å²) in [6.07, 6.45) is 0. The van der Waals surface area contributed by atoms with Crippen LogP contribution in [0, 0.1) is 0 Å². The maximum Gasteiger partial charge on any atom is 0.419 e. The van der Waals surface area contributed by atoms with E-state index in [1.54, 1.807) is 25.2 Å². The molecule has 1 aromatic heterocycles. The van der Waals surface area contributed by atoms with E-state index in [0.29, 0.717) is 5.58 Å². The molecule has 0 unspecified atom stereocenters. The quantitative estimate of drug-likeness (QED) is 0.842. The summed E-state index contributed by atoms with van der Waals surface area (Å²) in [4.78, 5) is 22.0. The fraction of sp³-hybridized carbons (Fsp3) is 0.273. The lowest BCUT2D eigenvalue weighted by atomic mass is 10.2. The minimum Gasteiger partial charge on any atom is -0.408 e. The number of nitrogens with one attached hydrogen (secondary N) is 1. The van der Waals surface area contributed by atoms with Gasteiger partial charge in [-0.3, -0.25) is 9.36 Å². The van der Waals surface area contributed by atoms with Crippen LogP contribution in [0.2, 0.25) is 0 Å². The SMILES string of the molecule is CC(=O)CNc1ccc2c(c1)oc(=O)n2C. The predicted octanol–water partition coefficient (Wildman–Crippen LogP) is 1.13. The summed E-state index contributed by atoms with van der Waals surface area (Å²) in [6.45, 7) is 1.77. The molecule has 1 N–H and O–H groups in total. The summed E-state index contributed by atoms with van der Waals surface area (Å²) >= 11 is 0. The van der Waals surface area contributed by atoms with Crippen molar-refractivity contribution in [3.63, 3.8) is 0 Å². The van der Waals surface area contributed by atoms with Crippen LogP contribution >= 0.6 is 0 Å². The molecule has 5 nitrogen and oxygen atoms in total. The van der Waals surface area contributed by atoms with E-state index in [1.165, 1.54) is 11.5 Å². The fourth-order valence-corrected chi connectivity index (χ4v) is 1.47. The van der Waals surface area contributed by atoms with Crippen LogP contribution in [0.4, 0.5) is 5.69 Å². The van der Waals surface area contributed by atoms with Crippen LogP contribution in [-0.2, 0) is 11.8 Å². The molecule has 0 aliphatic heterocycles. The van der Waals surface area contributed by atoms with Crippen LogP contribution < -0.4 is 11.1 Å². The van der Waals surface area contributed by atoms with Crippen LogP contribution in [0.15, 0.2) is 27.4 Å². The monoisotopic (exact) mass is 220 g/mol. The number of ketones is 1. The number of carbonyl (C=O) groups is 1. The minimum absolute atomic E-state index is 0.0506. The van der Waals surface area contributed by atoms with Gasteiger partial charge < -0.3 is 9.73 Å². The number of Topliss-reactive ketones (excluding diaryl/α,β-unsaturated/α-hetero) is 1. The molecule has 2 rings (SSSR count). The Morgan fingerprint density at radius 3 is 2.94 bits per heavy atom. The third-order valence-electron chi connectivity index (χ3n) is 2.33. The molecular formula is C11H12N2O3. The third kappa shape index (κ3) is 1.84. The van der Waals surface area contributed by atoms with Gasteiger partial charge in [0.15, 0.2) is 5.58 Å². The Morgan fingerprint density at radius 2 is 2.25 bits per heavy atom. The predicted molar refractivity (Wildman–Crippen MR) is 60.6 cm³/mol. The van der Waals surface area contributed by atoms with Crippen molar-refractivity contribution in [2.45, 2.75) is 6.92 Å². The molecule has 0 saturated heterocycles. The topological polar surface area (TPSA) is 64.2 Å². The molecule has 0 saturated carbocycles. The second-order valence-electron chi connectivity index (χ2n) is 3.67. The highest BCUT2D eigenvalue weighted by molar-refractivity contribution is 5.82. The first kappa shape index (κ1) is 10.5. The van der Waals surface area contributed by atoms with Crippen LogP contribution in [0.25, 0.3) is 11.1 Å². The van der Waals surface area contributed by atoms with Gasteiger partial charge in [0.1, 0.15) is 5.78 Å². The van der Waals surface area contributed by atoms with Gasteiger partial charge in [0.2, 0.25) is 0 Å². The van der Waals surface area contributed by atoms with Gasteiger partial charge in [-0.05, 0) is 19.1 Å². The molecule has 0 spiro atoms. The third-order valence-corrected chi connectivity index (χ3v) is 2.33. The van der Waals surface area contributed by atoms with Crippen molar-refractivity contribution < 1.29 is 9.21 Å². The standard InChI is InChI=1S/C11H12N2O3/c1-7(14)6-12-8-3-4-9-10(5-8)16-11(15)13(9)2/h3-5,12H,6H2,1-2H3. The summed E-state index contributed by atoms with van der Waals surface area (Å²) in [5, 5.41) is 2.94. The van der Waals surface area contributed by atoms with E-state index in [4.69, 9.17) is 4.42 Å². The highest BCUT2D eigenvalue weighted by Crippen LogP contribution is 2.17. The Balaban J connectivity index is 2.37. The summed E-state index contributed by atoms with van der Waals surface area (Å²) in [7, 11) is 1.65. The first-order valence-corrected chi connectivity index (χ1v) is 4.91. The normalized spacial score (nSPS) is 10.6. The maximum atomic E-state index is 11.2. The number of hydrogen-bond acceptors (Lipinski definition) is 4. The molecule has 1 heterocycles. The lowest BCUT2D eigenvalue weighted by molar-refractivity contribution is -0.115. The number of oxazole rings is 1. The zero-order chi connectivity index (χ0) is 11.7. The lowest BCUT2D eigenvalue weighted by Gasteiger charge is -2.02. The summed E-state index contributed by atoms with van der Waals surface area (Å²) in [5.74, 6) is -0.340. The van der Waals surface area contributed by atoms with Gasteiger partial charge in [0.25, 0.3) is 0 Å². The number of carbonyl (C=O) groups excluding carboxylic acids is 1. The average molecular weight is 220 g/mol. The van der Waals surface area contributed by atoms with E-state index in [2.05, 4.69) is 5.32 Å². The minimum atomic E-state index is -0.390. The zero-order valence-corrected chi connectivity index (χ0v) is 9.11. The van der Waals surface area contributed by atoms with Gasteiger partial charge >= 0.3 is 5.76 Å². The molecule has 0 aliphatic carbocycles. The smallest absolute Gasteiger partial charge is 0.408 e. The van der Waals surface area contributed by atoms with Crippen molar-refractivity contribution in [3.8, 4) is 0 Å². The number of anilines is 1. The van der Waals surface area contributed by atoms with Crippen molar-refractivity contribution in [1.82, 2.24) is 4.57 Å². The largest absolute Gasteiger partial charge is 0.419 e. The number of fused-ring (bicyclic) bond motifs is 1. The zero-order valence-electron chi connectivity index (χ0n) is 9.11. The highest BCUT2D eigenvalue weighted by atomic mass is 16.4. The van der Waals surface area contributed by atoms with Crippen molar-refractivity contribution in [2.24, 2.45) is 7.05 Å². The Kier molecular flexibility index (Phi) is 2.52. The summed E-state index contributed by atoms with van der Waals surface area (Å²) in [6, 6.07) is 5.29. The number of benzene rings is 1. The maximum absolute atomic E-state index is 11.2. The number of aromatic nitrogens is 1. The Labute approximate surface area is 91.7 Å². The average Bonchev–Trinajstić information content (AvgIpc) is 2.52. The van der Waals surface area contributed by atoms with Crippen molar-refractivity contribution in [1.29, 1.82) is 0 Å². The molecular weight excluding hydrogens is 208 g/mol. The van der Waals surface area contributed by atoms with E-state index >= 15 is 0 Å². The molecule has 0 amide bonds. The molecule has 16 heavy (non-hydrogen) atoms. The molecule has 84 valence electrons. The number of rotatable bonds is 3. The Morgan fingerprint density at radius 1 is 1.50 bits per heavy atom. The van der Waals surface area contributed by atoms with Gasteiger partial charge in [0.05, 0.1) is 12.1 Å². The van der Waals surface area contributed by atoms with Gasteiger partial charge in [0, 0.05) is 18.8 Å². The molecule has 0 atom stereocenters. The Bertz CT molecular complexity index is 595. The molecule has 0 radical (unpaired) electrons. The van der Waals surface area contributed by atoms with Gasteiger partial charge in [-0.1, -0.05) is 0 Å². The van der Waals surface area contributed by atoms with Crippen molar-refractivity contribution in [3.05, 3.63) is 28.7 Å². The van der Waals surface area contributed by atoms with Crippen molar-refractivity contribution >= 4 is 22.6 Å². The Hall–Kier alpha value is -2.04. The number of nitrogens with zero attached hydrogens (tertiary/aromatic N) is 1. The van der Waals surface area contributed by atoms with E-state index in [-0.39, 0.29) is 12.3 Å². The van der Waals surface area contributed by atoms with E-state index in [1.807, 2.05) is 0 Å². The van der Waals surface area contributed by atoms with Crippen LogP contribution in [0.3, 0.4) is 0 Å². The van der Waals surface area contributed by atoms with Gasteiger partial charge in [-0.15, -0.1) is 0 Å². The molecule has 2 aromatic rings. The van der Waals surface area contributed by atoms with Gasteiger partial charge in [-0.25, -0.2) is 4.79 Å². The fourth-order valence-electron chi connectivity index (χ4n) is 1.47. The van der Waals surface area contributed by atoms with Crippen LogP contribution in [0.5, 0.6) is 0 Å². The molecule has 5 heteroatoms. The van der Waals surface area contributed by atoms with Crippen molar-refractivity contribution in [2.75, 3.05) is 11.9 Å². The number of aryl methyl sites for hydroxylation is 1. The first-order chi connectivity index (χ1) is 7.58. The second kappa shape index (κ2) is 3.84. The van der Waals surface area contributed by atoms with E-state index in [9.17, 15) is 9.59 Å². The molecule has 1 aromatic carbocycles. The highest BCUT2D eigenvalue weighted by Gasteiger charge is 2.06. The molecule has 0 fully saturated rings. The van der Waals surface area contributed by atoms with Crippen LogP contribution in [0.1, 0.15) is 6.92 Å². The first-order valence-electron chi connectivity index (χ1n) is 4.91. The van der Waals surface area contributed by atoms with E-state index < -0.39 is 5.76 Å². The van der Waals surface area contributed by atoms with E-state index in [0.717, 1.165) is 11.2 Å². The summed E-state index contributed by atoms with van der Waals surface area (Å²) in [5.41, 5.74) is 2.01. The molecule has 0 bridgehead atoms.